The molecule has 5 atom stereocenters. The fourth-order valence-electron chi connectivity index (χ4n) is 8.97. The monoisotopic (exact) mass is 785 g/mol. The minimum Gasteiger partial charge on any atom is -0.550 e. The van der Waals surface area contributed by atoms with Crippen LogP contribution in [0.15, 0.2) is 121 Å². The van der Waals surface area contributed by atoms with Crippen LogP contribution in [0.25, 0.3) is 21.5 Å². The molecule has 4 aromatic rings. The van der Waals surface area contributed by atoms with Gasteiger partial charge in [0, 0.05) is 59.9 Å². The van der Waals surface area contributed by atoms with E-state index < -0.39 is 54.5 Å². The minimum atomic E-state index is -1.60. The van der Waals surface area contributed by atoms with E-state index in [9.17, 15) is 35.1 Å². The average molecular weight is 786 g/mol. The molecule has 1 saturated heterocycles. The Morgan fingerprint density at radius 3 is 2.14 bits per heavy atom. The number of rotatable bonds is 12. The maximum Gasteiger partial charge on any atom is 0.222 e. The molecule has 7 rings (SSSR count). The summed E-state index contributed by atoms with van der Waals surface area (Å²) in [5.74, 6) is -1.54. The molecule has 11 nitrogen and oxygen atoms in total. The van der Waals surface area contributed by atoms with Gasteiger partial charge in [-0.05, 0) is 59.2 Å². The highest BCUT2D eigenvalue weighted by Crippen LogP contribution is 2.51. The number of allylic oxidation sites excluding steroid dienone is 8. The second-order valence-electron chi connectivity index (χ2n) is 16.2. The van der Waals surface area contributed by atoms with Crippen molar-refractivity contribution in [2.75, 3.05) is 24.6 Å². The first-order chi connectivity index (χ1) is 27.7. The molecule has 0 spiro atoms. The fraction of sp³-hybridized carbons (Fsp3) is 0.340. The minimum absolute atomic E-state index is 0.0123. The van der Waals surface area contributed by atoms with Crippen LogP contribution < -0.4 is 15.3 Å². The summed E-state index contributed by atoms with van der Waals surface area (Å²) < 4.78 is 7.31. The van der Waals surface area contributed by atoms with E-state index in [-0.39, 0.29) is 18.3 Å². The van der Waals surface area contributed by atoms with Gasteiger partial charge in [-0.15, -0.1) is 0 Å². The standard InChI is InChI=1S/C47H51N3O8/c1-46(2)36(18-8-6-5-7-9-19-37-47(3,4)41-32-17-13-11-15-30(32)21-23-34(41)50(37)27-25-39(53)54)49(33-22-20-29-14-10-12-16-31(29)40(33)46)26-24-38(52)48-42-44(56)43(55)35(28-51)58-45(42)57/h5-23,35,42-45,51,55-57H,24-28H2,1-4H3,(H-,48,52,53,54)/t35-,42-,43-,44-,45?/m1/s1. The van der Waals surface area contributed by atoms with Crippen LogP contribution in [-0.4, -0.2) is 92.9 Å². The zero-order valence-electron chi connectivity index (χ0n) is 33.2. The summed E-state index contributed by atoms with van der Waals surface area (Å²) in [6, 6.07) is 23.5. The second kappa shape index (κ2) is 16.4. The maximum atomic E-state index is 13.3. The number of amides is 1. The molecule has 1 fully saturated rings. The average Bonchev–Trinajstić information content (AvgIpc) is 3.56. The SMILES string of the molecule is CC1(C)C(/C=C/C=C/C=C/C=C2/N(CCC(=O)N[C@H]3C(O)O[C@H](CO)[C@@H](O)[C@@H]3O)c3ccc4ccccc4c3C2(C)C)=[N+](CCC(=O)[O-])c2ccc3ccccc3c21. The number of hydrogen-bond donors (Lipinski definition) is 5. The number of carbonyl (C=O) groups excluding carboxylic acids is 2. The molecule has 302 valence electrons. The van der Waals surface area contributed by atoms with Gasteiger partial charge in [0.15, 0.2) is 18.5 Å². The molecule has 3 aliphatic heterocycles. The van der Waals surface area contributed by atoms with Gasteiger partial charge in [0.1, 0.15) is 24.4 Å². The summed E-state index contributed by atoms with van der Waals surface area (Å²) in [5, 5.41) is 59.4. The zero-order valence-corrected chi connectivity index (χ0v) is 33.2. The van der Waals surface area contributed by atoms with Crippen molar-refractivity contribution in [1.29, 1.82) is 0 Å². The quantitative estimate of drug-likeness (QED) is 0.105. The summed E-state index contributed by atoms with van der Waals surface area (Å²) in [7, 11) is 0. The highest BCUT2D eigenvalue weighted by Gasteiger charge is 2.46. The number of carbonyl (C=O) groups is 2. The van der Waals surface area contributed by atoms with Crippen LogP contribution in [0.2, 0.25) is 0 Å². The van der Waals surface area contributed by atoms with E-state index in [1.165, 1.54) is 5.56 Å². The van der Waals surface area contributed by atoms with Crippen molar-refractivity contribution in [3.8, 4) is 0 Å². The molecule has 0 saturated carbocycles. The van der Waals surface area contributed by atoms with Crippen LogP contribution in [0.1, 0.15) is 51.7 Å². The lowest BCUT2D eigenvalue weighted by Gasteiger charge is -2.40. The second-order valence-corrected chi connectivity index (χ2v) is 16.2. The van der Waals surface area contributed by atoms with Crippen molar-refractivity contribution in [1.82, 2.24) is 5.32 Å². The molecule has 0 aromatic heterocycles. The first-order valence-corrected chi connectivity index (χ1v) is 19.7. The molecule has 58 heavy (non-hydrogen) atoms. The topological polar surface area (TPSA) is 166 Å². The van der Waals surface area contributed by atoms with Crippen molar-refractivity contribution < 1.29 is 44.4 Å². The van der Waals surface area contributed by atoms with Crippen LogP contribution >= 0.6 is 0 Å². The molecule has 1 unspecified atom stereocenters. The number of aliphatic hydroxyl groups excluding tert-OH is 4. The van der Waals surface area contributed by atoms with Crippen molar-refractivity contribution in [3.63, 3.8) is 0 Å². The predicted octanol–water partition coefficient (Wildman–Crippen LogP) is 4.17. The van der Waals surface area contributed by atoms with Gasteiger partial charge in [-0.2, -0.15) is 4.58 Å². The Morgan fingerprint density at radius 2 is 1.45 bits per heavy atom. The number of nitrogens with zero attached hydrogens (tertiary/aromatic N) is 2. The van der Waals surface area contributed by atoms with E-state index in [2.05, 4.69) is 91.0 Å². The van der Waals surface area contributed by atoms with Crippen LogP contribution in [0, 0.1) is 0 Å². The lowest BCUT2D eigenvalue weighted by Crippen LogP contribution is -2.64. The van der Waals surface area contributed by atoms with Crippen molar-refractivity contribution >= 4 is 50.5 Å². The number of ether oxygens (including phenoxy) is 1. The van der Waals surface area contributed by atoms with Crippen LogP contribution in [-0.2, 0) is 25.2 Å². The lowest BCUT2D eigenvalue weighted by molar-refractivity contribution is -0.439. The summed E-state index contributed by atoms with van der Waals surface area (Å²) in [6.45, 7) is 8.66. The van der Waals surface area contributed by atoms with Gasteiger partial charge in [0.25, 0.3) is 0 Å². The normalized spacial score (nSPS) is 24.5. The number of carboxylic acids is 1. The van der Waals surface area contributed by atoms with Crippen LogP contribution in [0.3, 0.4) is 0 Å². The highest BCUT2D eigenvalue weighted by atomic mass is 16.6. The molecular formula is C47H51N3O8. The molecule has 0 bridgehead atoms. The van der Waals surface area contributed by atoms with Crippen molar-refractivity contribution in [3.05, 3.63) is 132 Å². The maximum absolute atomic E-state index is 13.3. The Hall–Kier alpha value is -5.43. The zero-order chi connectivity index (χ0) is 41.4. The number of nitrogens with one attached hydrogen (secondary N) is 1. The number of hydrogen-bond acceptors (Lipinski definition) is 9. The molecule has 5 N–H and O–H groups in total. The van der Waals surface area contributed by atoms with E-state index >= 15 is 0 Å². The Labute approximate surface area is 338 Å². The molecule has 1 amide bonds. The fourth-order valence-corrected chi connectivity index (χ4v) is 8.97. The molecule has 3 heterocycles. The largest absolute Gasteiger partial charge is 0.550 e. The van der Waals surface area contributed by atoms with Gasteiger partial charge in [0.05, 0.1) is 12.0 Å². The highest BCUT2D eigenvalue weighted by molar-refractivity contribution is 6.07. The summed E-state index contributed by atoms with van der Waals surface area (Å²) in [6.07, 6.45) is 7.99. The Morgan fingerprint density at radius 1 is 0.810 bits per heavy atom. The number of benzene rings is 4. The number of aliphatic carboxylic acids is 1. The number of aliphatic hydroxyl groups is 4. The van der Waals surface area contributed by atoms with Gasteiger partial charge < -0.3 is 45.3 Å². The third-order valence-electron chi connectivity index (χ3n) is 11.8. The number of fused-ring (bicyclic) bond motifs is 6. The Bertz CT molecular complexity index is 2390. The first-order valence-electron chi connectivity index (χ1n) is 19.7. The summed E-state index contributed by atoms with van der Waals surface area (Å²) >= 11 is 0. The van der Waals surface area contributed by atoms with Gasteiger partial charge >= 0.3 is 0 Å². The van der Waals surface area contributed by atoms with Gasteiger partial charge in [0.2, 0.25) is 11.6 Å². The van der Waals surface area contributed by atoms with Crippen molar-refractivity contribution in [2.24, 2.45) is 0 Å². The van der Waals surface area contributed by atoms with Gasteiger partial charge in [-0.25, -0.2) is 0 Å². The van der Waals surface area contributed by atoms with Gasteiger partial charge in [-0.1, -0.05) is 98.8 Å². The van der Waals surface area contributed by atoms with E-state index in [0.717, 1.165) is 49.9 Å². The van der Waals surface area contributed by atoms with E-state index in [4.69, 9.17) is 4.74 Å². The number of anilines is 1. The van der Waals surface area contributed by atoms with Gasteiger partial charge in [-0.3, -0.25) is 4.79 Å². The molecule has 0 aliphatic carbocycles. The third kappa shape index (κ3) is 7.52. The molecular weight excluding hydrogens is 735 g/mol. The lowest BCUT2D eigenvalue weighted by atomic mass is 9.79. The van der Waals surface area contributed by atoms with Crippen LogP contribution in [0.5, 0.6) is 0 Å². The predicted molar refractivity (Wildman–Crippen MR) is 223 cm³/mol. The van der Waals surface area contributed by atoms with Crippen LogP contribution in [0.4, 0.5) is 11.4 Å². The van der Waals surface area contributed by atoms with E-state index in [1.807, 2.05) is 66.8 Å². The molecule has 3 aliphatic rings. The van der Waals surface area contributed by atoms with E-state index in [1.54, 1.807) is 0 Å². The Kier molecular flexibility index (Phi) is 11.6. The Balaban J connectivity index is 1.12. The molecule has 4 aromatic carbocycles. The van der Waals surface area contributed by atoms with Crippen molar-refractivity contribution in [2.45, 2.75) is 82.0 Å². The number of carboxylic acid groups (broad SMARTS) is 1. The molecule has 11 heteroatoms. The third-order valence-corrected chi connectivity index (χ3v) is 11.8. The summed E-state index contributed by atoms with van der Waals surface area (Å²) in [4.78, 5) is 26.9. The van der Waals surface area contributed by atoms with E-state index in [0.29, 0.717) is 13.1 Å². The first kappa shape index (κ1) is 40.8. The summed E-state index contributed by atoms with van der Waals surface area (Å²) in [5.41, 5.74) is 5.45. The molecule has 0 radical (unpaired) electrons. The smallest absolute Gasteiger partial charge is 0.222 e.